The van der Waals surface area contributed by atoms with Crippen molar-refractivity contribution in [1.29, 1.82) is 0 Å². The number of hydrogen-bond acceptors (Lipinski definition) is 5. The number of nitrogens with zero attached hydrogens (tertiary/aromatic N) is 1. The summed E-state index contributed by atoms with van der Waals surface area (Å²) in [5.74, 6) is 0. The lowest BCUT2D eigenvalue weighted by atomic mass is 9.93. The first-order chi connectivity index (χ1) is 12.9. The minimum absolute atomic E-state index is 0.0449. The molecule has 1 aromatic carbocycles. The quantitative estimate of drug-likeness (QED) is 0.342. The summed E-state index contributed by atoms with van der Waals surface area (Å²) in [6, 6.07) is 10.2. The standard InChI is InChI=1S/C21H36NO4P/c1-6-24-27(23,25-7-2)21(16-12-9-13-17-21)22(18(3)4)26-19(5)20-14-10-8-11-15-20/h8,10-11,14-15,18-19H,6-7,9,12-13,16-17H2,1-5H3. The molecule has 1 aromatic rings. The summed E-state index contributed by atoms with van der Waals surface area (Å²) < 4.78 is 25.7. The highest BCUT2D eigenvalue weighted by Gasteiger charge is 2.57. The zero-order valence-corrected chi connectivity index (χ0v) is 18.4. The molecule has 5 nitrogen and oxygen atoms in total. The Bertz CT molecular complexity index is 591. The van der Waals surface area contributed by atoms with Crippen molar-refractivity contribution in [3.05, 3.63) is 35.9 Å². The van der Waals surface area contributed by atoms with Crippen LogP contribution in [0.4, 0.5) is 0 Å². The van der Waals surface area contributed by atoms with Gasteiger partial charge in [0, 0.05) is 6.04 Å². The van der Waals surface area contributed by atoms with Crippen molar-refractivity contribution < 1.29 is 18.5 Å². The molecule has 27 heavy (non-hydrogen) atoms. The minimum Gasteiger partial charge on any atom is -0.308 e. The van der Waals surface area contributed by atoms with Gasteiger partial charge in [-0.3, -0.25) is 9.40 Å². The van der Waals surface area contributed by atoms with E-state index >= 15 is 0 Å². The molecular weight excluding hydrogens is 361 g/mol. The first kappa shape index (κ1) is 22.6. The molecule has 1 atom stereocenters. The lowest BCUT2D eigenvalue weighted by molar-refractivity contribution is -0.258. The summed E-state index contributed by atoms with van der Waals surface area (Å²) in [6.07, 6.45) is 4.49. The summed E-state index contributed by atoms with van der Waals surface area (Å²) in [6.45, 7) is 10.7. The topological polar surface area (TPSA) is 48.0 Å². The number of hydrogen-bond donors (Lipinski definition) is 0. The molecule has 0 aromatic heterocycles. The fourth-order valence-electron chi connectivity index (χ4n) is 4.01. The molecule has 0 heterocycles. The van der Waals surface area contributed by atoms with Crippen LogP contribution in [-0.4, -0.2) is 29.6 Å². The number of rotatable bonds is 10. The van der Waals surface area contributed by atoms with Gasteiger partial charge in [-0.2, -0.15) is 5.06 Å². The molecule has 2 rings (SSSR count). The monoisotopic (exact) mass is 397 g/mol. The van der Waals surface area contributed by atoms with Gasteiger partial charge in [0.15, 0.2) is 0 Å². The van der Waals surface area contributed by atoms with Crippen LogP contribution >= 0.6 is 7.60 Å². The van der Waals surface area contributed by atoms with E-state index < -0.39 is 12.9 Å². The second-order valence-corrected chi connectivity index (χ2v) is 9.80. The summed E-state index contributed by atoms with van der Waals surface area (Å²) in [4.78, 5) is 6.48. The predicted molar refractivity (Wildman–Crippen MR) is 110 cm³/mol. The van der Waals surface area contributed by atoms with Crippen molar-refractivity contribution in [2.24, 2.45) is 0 Å². The van der Waals surface area contributed by atoms with E-state index in [1.54, 1.807) is 0 Å². The second kappa shape index (κ2) is 10.2. The van der Waals surface area contributed by atoms with E-state index in [-0.39, 0.29) is 12.1 Å². The van der Waals surface area contributed by atoms with Crippen LogP contribution in [0.15, 0.2) is 30.3 Å². The molecule has 0 N–H and O–H groups in total. The molecule has 0 amide bonds. The average Bonchev–Trinajstić information content (AvgIpc) is 2.67. The Kier molecular flexibility index (Phi) is 8.51. The molecule has 0 spiro atoms. The summed E-state index contributed by atoms with van der Waals surface area (Å²) >= 11 is 0. The zero-order valence-electron chi connectivity index (χ0n) is 17.5. The molecule has 154 valence electrons. The van der Waals surface area contributed by atoms with Gasteiger partial charge in [0.2, 0.25) is 0 Å². The van der Waals surface area contributed by atoms with Crippen LogP contribution in [0.25, 0.3) is 0 Å². The Hall–Kier alpha value is -0.710. The molecule has 1 aliphatic rings. The highest BCUT2D eigenvalue weighted by atomic mass is 31.2. The molecule has 0 saturated heterocycles. The van der Waals surface area contributed by atoms with Gasteiger partial charge in [-0.1, -0.05) is 49.6 Å². The summed E-state index contributed by atoms with van der Waals surface area (Å²) in [7, 11) is -3.38. The number of benzene rings is 1. The Balaban J connectivity index is 2.41. The molecular formula is C21H36NO4P. The normalized spacial score (nSPS) is 18.8. The fraction of sp³-hybridized carbons (Fsp3) is 0.714. The SMILES string of the molecule is CCOP(=O)(OCC)C1(N(OC(C)c2ccccc2)C(C)C)CCCCC1. The molecule has 1 fully saturated rings. The number of hydroxylamine groups is 2. The average molecular weight is 397 g/mol. The van der Waals surface area contributed by atoms with E-state index in [4.69, 9.17) is 13.9 Å². The van der Waals surface area contributed by atoms with Crippen LogP contribution in [0.1, 0.15) is 78.4 Å². The molecule has 0 radical (unpaired) electrons. The molecule has 0 bridgehead atoms. The third-order valence-corrected chi connectivity index (χ3v) is 8.04. The first-order valence-electron chi connectivity index (χ1n) is 10.3. The van der Waals surface area contributed by atoms with Crippen LogP contribution in [0.3, 0.4) is 0 Å². The van der Waals surface area contributed by atoms with Gasteiger partial charge in [-0.25, -0.2) is 0 Å². The molecule has 6 heteroatoms. The Morgan fingerprint density at radius 3 is 2.04 bits per heavy atom. The maximum absolute atomic E-state index is 14.0. The van der Waals surface area contributed by atoms with E-state index in [1.807, 2.05) is 44.0 Å². The van der Waals surface area contributed by atoms with Gasteiger partial charge in [-0.15, -0.1) is 0 Å². The lowest BCUT2D eigenvalue weighted by Gasteiger charge is -2.50. The van der Waals surface area contributed by atoms with Gasteiger partial charge >= 0.3 is 7.60 Å². The van der Waals surface area contributed by atoms with Crippen LogP contribution < -0.4 is 0 Å². The van der Waals surface area contributed by atoms with E-state index in [1.165, 1.54) is 0 Å². The molecule has 1 unspecified atom stereocenters. The van der Waals surface area contributed by atoms with Gasteiger partial charge in [-0.05, 0) is 53.0 Å². The van der Waals surface area contributed by atoms with E-state index in [2.05, 4.69) is 26.0 Å². The third kappa shape index (κ3) is 5.02. The van der Waals surface area contributed by atoms with E-state index in [0.29, 0.717) is 13.2 Å². The van der Waals surface area contributed by atoms with Crippen molar-refractivity contribution in [2.75, 3.05) is 13.2 Å². The molecule has 0 aliphatic heterocycles. The highest BCUT2D eigenvalue weighted by molar-refractivity contribution is 7.55. The molecule has 1 aliphatic carbocycles. The highest BCUT2D eigenvalue weighted by Crippen LogP contribution is 2.67. The zero-order chi connectivity index (χ0) is 19.9. The van der Waals surface area contributed by atoms with Crippen LogP contribution in [0.5, 0.6) is 0 Å². The van der Waals surface area contributed by atoms with Crippen molar-refractivity contribution in [1.82, 2.24) is 5.06 Å². The molecule has 1 saturated carbocycles. The minimum atomic E-state index is -3.38. The Morgan fingerprint density at radius 1 is 1.00 bits per heavy atom. The van der Waals surface area contributed by atoms with E-state index in [0.717, 1.165) is 37.7 Å². The lowest BCUT2D eigenvalue weighted by Crippen LogP contribution is -2.53. The van der Waals surface area contributed by atoms with Gasteiger partial charge in [0.05, 0.1) is 13.2 Å². The largest absolute Gasteiger partial charge is 0.353 e. The van der Waals surface area contributed by atoms with Crippen LogP contribution in [0.2, 0.25) is 0 Å². The summed E-state index contributed by atoms with van der Waals surface area (Å²) in [5, 5.41) is 1.20. The maximum atomic E-state index is 14.0. The van der Waals surface area contributed by atoms with Crippen LogP contribution in [0, 0.1) is 0 Å². The predicted octanol–water partition coefficient (Wildman–Crippen LogP) is 6.32. The van der Waals surface area contributed by atoms with Gasteiger partial charge < -0.3 is 9.05 Å². The smallest absolute Gasteiger partial charge is 0.308 e. The Morgan fingerprint density at radius 2 is 1.56 bits per heavy atom. The van der Waals surface area contributed by atoms with Crippen LogP contribution in [-0.2, 0) is 18.5 Å². The maximum Gasteiger partial charge on any atom is 0.353 e. The third-order valence-electron chi connectivity index (χ3n) is 5.18. The van der Waals surface area contributed by atoms with Gasteiger partial charge in [0.1, 0.15) is 11.4 Å². The summed E-state index contributed by atoms with van der Waals surface area (Å²) in [5.41, 5.74) is 1.09. The van der Waals surface area contributed by atoms with Crippen molar-refractivity contribution >= 4 is 7.60 Å². The Labute approximate surface area is 164 Å². The second-order valence-electron chi connectivity index (χ2n) is 7.45. The fourth-order valence-corrected chi connectivity index (χ4v) is 6.62. The van der Waals surface area contributed by atoms with Gasteiger partial charge in [0.25, 0.3) is 0 Å². The van der Waals surface area contributed by atoms with Crippen molar-refractivity contribution in [3.8, 4) is 0 Å². The first-order valence-corrected chi connectivity index (χ1v) is 11.8. The van der Waals surface area contributed by atoms with E-state index in [9.17, 15) is 4.57 Å². The van der Waals surface area contributed by atoms with Crippen molar-refractivity contribution in [2.45, 2.75) is 84.1 Å². The van der Waals surface area contributed by atoms with Crippen molar-refractivity contribution in [3.63, 3.8) is 0 Å².